The van der Waals surface area contributed by atoms with Crippen molar-refractivity contribution in [3.05, 3.63) is 77.4 Å². The third-order valence-corrected chi connectivity index (χ3v) is 5.65. The molecule has 0 aliphatic carbocycles. The van der Waals surface area contributed by atoms with Crippen LogP contribution in [-0.2, 0) is 22.6 Å². The average Bonchev–Trinajstić information content (AvgIpc) is 3.15. The molecule has 2 amide bonds. The Balaban J connectivity index is 1.67. The largest absolute Gasteiger partial charge is 0.395 e. The lowest BCUT2D eigenvalue weighted by molar-refractivity contribution is -0.121. The molecule has 3 aromatic rings. The lowest BCUT2D eigenvalue weighted by atomic mass is 9.86. The van der Waals surface area contributed by atoms with Gasteiger partial charge in [-0.1, -0.05) is 19.1 Å². The Labute approximate surface area is 179 Å². The maximum Gasteiger partial charge on any atom is 0.253 e. The molecular weight excluding hydrogens is 397 g/mol. The second-order valence-electron chi connectivity index (χ2n) is 7.58. The summed E-state index contributed by atoms with van der Waals surface area (Å²) in [5.41, 5.74) is 3.72. The van der Waals surface area contributed by atoms with E-state index in [9.17, 15) is 19.1 Å². The number of hydrogen-bond donors (Lipinski definition) is 3. The molecule has 1 aliphatic heterocycles. The van der Waals surface area contributed by atoms with Gasteiger partial charge in [-0.05, 0) is 53.3 Å². The molecule has 0 spiro atoms. The van der Waals surface area contributed by atoms with E-state index in [1.54, 1.807) is 12.1 Å². The van der Waals surface area contributed by atoms with E-state index in [0.29, 0.717) is 23.4 Å². The standard InChI is InChI=1S/C24H24FN3O3/c1-2-15-11-17-7-8-28(9-10-29)22(17)13-21(15)27-24(31)20-14-26-23(30)12-19(20)16-3-5-18(25)6-4-16/h3-8,11,13-14,19,29H,2,9-10,12H2,1H3,(H,26,30)(H,27,31). The lowest BCUT2D eigenvalue weighted by Gasteiger charge is -2.24. The van der Waals surface area contributed by atoms with Gasteiger partial charge >= 0.3 is 0 Å². The predicted octanol–water partition coefficient (Wildman–Crippen LogP) is 3.46. The molecule has 4 rings (SSSR count). The molecule has 0 radical (unpaired) electrons. The summed E-state index contributed by atoms with van der Waals surface area (Å²) < 4.78 is 15.3. The van der Waals surface area contributed by atoms with Gasteiger partial charge in [0.25, 0.3) is 5.91 Å². The van der Waals surface area contributed by atoms with Crippen LogP contribution in [0.5, 0.6) is 0 Å². The van der Waals surface area contributed by atoms with E-state index in [0.717, 1.165) is 22.9 Å². The molecule has 0 fully saturated rings. The molecular formula is C24H24FN3O3. The molecule has 160 valence electrons. The lowest BCUT2D eigenvalue weighted by Crippen LogP contribution is -2.32. The summed E-state index contributed by atoms with van der Waals surface area (Å²) >= 11 is 0. The van der Waals surface area contributed by atoms with Crippen molar-refractivity contribution in [2.75, 3.05) is 11.9 Å². The molecule has 3 N–H and O–H groups in total. The number of rotatable bonds is 6. The number of hydrogen-bond acceptors (Lipinski definition) is 3. The summed E-state index contributed by atoms with van der Waals surface area (Å²) in [7, 11) is 0. The van der Waals surface area contributed by atoms with E-state index in [1.165, 1.54) is 18.3 Å². The number of anilines is 1. The molecule has 1 unspecified atom stereocenters. The van der Waals surface area contributed by atoms with Crippen LogP contribution in [0, 0.1) is 5.82 Å². The monoisotopic (exact) mass is 421 g/mol. The summed E-state index contributed by atoms with van der Waals surface area (Å²) in [6.07, 6.45) is 4.20. The summed E-state index contributed by atoms with van der Waals surface area (Å²) in [4.78, 5) is 25.2. The smallest absolute Gasteiger partial charge is 0.253 e. The summed E-state index contributed by atoms with van der Waals surface area (Å²) in [5.74, 6) is -1.33. The van der Waals surface area contributed by atoms with Gasteiger partial charge in [0.05, 0.1) is 12.1 Å². The Bertz CT molecular complexity index is 1160. The minimum absolute atomic E-state index is 0.0208. The first kappa shape index (κ1) is 20.8. The van der Waals surface area contributed by atoms with Crippen molar-refractivity contribution >= 4 is 28.4 Å². The normalized spacial score (nSPS) is 16.2. The molecule has 0 saturated heterocycles. The van der Waals surface area contributed by atoms with E-state index < -0.39 is 5.92 Å². The number of aromatic nitrogens is 1. The summed E-state index contributed by atoms with van der Waals surface area (Å²) in [5, 5.41) is 16.0. The van der Waals surface area contributed by atoms with Crippen LogP contribution in [0.1, 0.15) is 30.4 Å². The first-order valence-electron chi connectivity index (χ1n) is 10.3. The Morgan fingerprint density at radius 1 is 1.26 bits per heavy atom. The molecule has 1 atom stereocenters. The number of amides is 2. The van der Waals surface area contributed by atoms with Crippen molar-refractivity contribution < 1.29 is 19.1 Å². The summed E-state index contributed by atoms with van der Waals surface area (Å²) in [6, 6.07) is 11.8. The number of benzene rings is 2. The number of aliphatic hydroxyl groups is 1. The number of nitrogens with zero attached hydrogens (tertiary/aromatic N) is 1. The van der Waals surface area contributed by atoms with Crippen molar-refractivity contribution in [2.45, 2.75) is 32.2 Å². The van der Waals surface area contributed by atoms with Gasteiger partial charge in [-0.15, -0.1) is 0 Å². The SMILES string of the molecule is CCc1cc2ccn(CCO)c2cc1NC(=O)C1=CNC(=O)CC1c1ccc(F)cc1. The topological polar surface area (TPSA) is 83.4 Å². The van der Waals surface area contributed by atoms with E-state index in [1.807, 2.05) is 35.9 Å². The molecule has 6 nitrogen and oxygen atoms in total. The molecule has 2 aromatic carbocycles. The number of halogens is 1. The maximum absolute atomic E-state index is 13.4. The van der Waals surface area contributed by atoms with E-state index in [4.69, 9.17) is 0 Å². The van der Waals surface area contributed by atoms with Crippen LogP contribution in [-0.4, -0.2) is 28.1 Å². The number of aryl methyl sites for hydroxylation is 1. The van der Waals surface area contributed by atoms with Gasteiger partial charge in [0.2, 0.25) is 5.91 Å². The molecule has 0 saturated carbocycles. The van der Waals surface area contributed by atoms with E-state index in [2.05, 4.69) is 10.6 Å². The highest BCUT2D eigenvalue weighted by atomic mass is 19.1. The van der Waals surface area contributed by atoms with Gasteiger partial charge < -0.3 is 20.3 Å². The minimum Gasteiger partial charge on any atom is -0.395 e. The van der Waals surface area contributed by atoms with Crippen LogP contribution in [0.3, 0.4) is 0 Å². The van der Waals surface area contributed by atoms with Crippen LogP contribution in [0.15, 0.2) is 60.4 Å². The van der Waals surface area contributed by atoms with Crippen molar-refractivity contribution in [1.29, 1.82) is 0 Å². The molecule has 2 heterocycles. The summed E-state index contributed by atoms with van der Waals surface area (Å²) in [6.45, 7) is 2.50. The number of fused-ring (bicyclic) bond motifs is 1. The molecule has 0 bridgehead atoms. The fourth-order valence-corrected chi connectivity index (χ4v) is 4.02. The van der Waals surface area contributed by atoms with Crippen molar-refractivity contribution in [3.8, 4) is 0 Å². The average molecular weight is 421 g/mol. The van der Waals surface area contributed by atoms with Gasteiger partial charge in [-0.25, -0.2) is 4.39 Å². The highest BCUT2D eigenvalue weighted by molar-refractivity contribution is 6.07. The minimum atomic E-state index is -0.457. The van der Waals surface area contributed by atoms with Gasteiger partial charge in [0.1, 0.15) is 5.82 Å². The van der Waals surface area contributed by atoms with Gasteiger partial charge in [0.15, 0.2) is 0 Å². The zero-order valence-electron chi connectivity index (χ0n) is 17.2. The Hall–Kier alpha value is -3.45. The van der Waals surface area contributed by atoms with Crippen LogP contribution in [0.4, 0.5) is 10.1 Å². The van der Waals surface area contributed by atoms with Crippen molar-refractivity contribution in [2.24, 2.45) is 0 Å². The number of carbonyl (C=O) groups is 2. The van der Waals surface area contributed by atoms with E-state index >= 15 is 0 Å². The molecule has 7 heteroatoms. The van der Waals surface area contributed by atoms with Crippen LogP contribution in [0.2, 0.25) is 0 Å². The van der Waals surface area contributed by atoms with Gasteiger partial charge in [-0.3, -0.25) is 9.59 Å². The van der Waals surface area contributed by atoms with Gasteiger partial charge in [-0.2, -0.15) is 0 Å². The zero-order chi connectivity index (χ0) is 22.0. The molecule has 31 heavy (non-hydrogen) atoms. The third kappa shape index (κ3) is 4.22. The molecule has 1 aromatic heterocycles. The first-order valence-corrected chi connectivity index (χ1v) is 10.3. The fourth-order valence-electron chi connectivity index (χ4n) is 4.02. The quantitative estimate of drug-likeness (QED) is 0.570. The van der Waals surface area contributed by atoms with Crippen LogP contribution in [0.25, 0.3) is 10.9 Å². The second kappa shape index (κ2) is 8.73. The maximum atomic E-state index is 13.4. The van der Waals surface area contributed by atoms with Gasteiger partial charge in [0, 0.05) is 42.5 Å². The first-order chi connectivity index (χ1) is 15.0. The second-order valence-corrected chi connectivity index (χ2v) is 7.58. The highest BCUT2D eigenvalue weighted by Gasteiger charge is 2.29. The van der Waals surface area contributed by atoms with Crippen LogP contribution >= 0.6 is 0 Å². The predicted molar refractivity (Wildman–Crippen MR) is 117 cm³/mol. The van der Waals surface area contributed by atoms with Crippen LogP contribution < -0.4 is 10.6 Å². The Morgan fingerprint density at radius 3 is 2.74 bits per heavy atom. The van der Waals surface area contributed by atoms with E-state index in [-0.39, 0.29) is 30.7 Å². The van der Waals surface area contributed by atoms with Crippen molar-refractivity contribution in [1.82, 2.24) is 9.88 Å². The Morgan fingerprint density at radius 2 is 2.03 bits per heavy atom. The molecule has 1 aliphatic rings. The fraction of sp³-hybridized carbons (Fsp3) is 0.250. The van der Waals surface area contributed by atoms with Crippen molar-refractivity contribution in [3.63, 3.8) is 0 Å². The third-order valence-electron chi connectivity index (χ3n) is 5.65. The number of aliphatic hydroxyl groups excluding tert-OH is 1. The number of nitrogens with one attached hydrogen (secondary N) is 2. The number of carbonyl (C=O) groups excluding carboxylic acids is 2. The Kier molecular flexibility index (Phi) is 5.86. The highest BCUT2D eigenvalue weighted by Crippen LogP contribution is 2.32. The zero-order valence-corrected chi connectivity index (χ0v) is 17.2.